The Balaban J connectivity index is 1.87. The molecule has 0 spiro atoms. The van der Waals surface area contributed by atoms with Crippen LogP contribution in [-0.2, 0) is 20.1 Å². The number of nitrogens with one attached hydrogen (secondary N) is 1. The van der Waals surface area contributed by atoms with Crippen molar-refractivity contribution in [2.75, 3.05) is 6.61 Å². The van der Waals surface area contributed by atoms with Crippen molar-refractivity contribution in [1.82, 2.24) is 14.1 Å². The number of ether oxygens (including phenoxy) is 2. The number of fused-ring (bicyclic) bond motifs is 1. The first-order chi connectivity index (χ1) is 17.1. The number of benzene rings is 2. The lowest BCUT2D eigenvalue weighted by atomic mass is 10.2. The highest BCUT2D eigenvalue weighted by molar-refractivity contribution is 5.66. The molecule has 0 atom stereocenters. The van der Waals surface area contributed by atoms with Crippen molar-refractivity contribution in [3.63, 3.8) is 0 Å². The Morgan fingerprint density at radius 2 is 1.78 bits per heavy atom. The molecule has 0 saturated carbocycles. The van der Waals surface area contributed by atoms with E-state index in [1.807, 2.05) is 0 Å². The number of aliphatic hydroxyl groups excluding tert-OH is 1. The fourth-order valence-corrected chi connectivity index (χ4v) is 3.68. The summed E-state index contributed by atoms with van der Waals surface area (Å²) in [5.74, 6) is -1.02. The molecule has 0 aliphatic heterocycles. The first-order valence-corrected chi connectivity index (χ1v) is 10.7. The van der Waals surface area contributed by atoms with Crippen LogP contribution in [0, 0.1) is 5.82 Å². The molecule has 0 radical (unpaired) electrons. The second kappa shape index (κ2) is 9.85. The molecule has 13 heteroatoms. The van der Waals surface area contributed by atoms with E-state index in [9.17, 15) is 27.2 Å². The minimum absolute atomic E-state index is 0.00178. The third kappa shape index (κ3) is 5.25. The van der Waals surface area contributed by atoms with Crippen LogP contribution in [0.5, 0.6) is 17.5 Å². The van der Waals surface area contributed by atoms with Crippen molar-refractivity contribution >= 4 is 11.2 Å². The quantitative estimate of drug-likeness (QED) is 0.281. The SMILES string of the molecule is Cn1c(=O)n(CCCO)c(=O)c2c1[nH]c(Oc1cccc(OC(F)(F)F)c1)[n+]2Cc1ccc(F)cc1. The molecular formula is C23H21F4N4O5+. The summed E-state index contributed by atoms with van der Waals surface area (Å²) in [6.45, 7) is -0.268. The van der Waals surface area contributed by atoms with Crippen LogP contribution < -0.4 is 25.3 Å². The molecule has 4 rings (SSSR count). The van der Waals surface area contributed by atoms with Gasteiger partial charge in [-0.1, -0.05) is 18.2 Å². The molecular weight excluding hydrogens is 488 g/mol. The molecule has 0 aliphatic carbocycles. The Labute approximate surface area is 200 Å². The lowest BCUT2D eigenvalue weighted by Crippen LogP contribution is -2.45. The first kappa shape index (κ1) is 25.0. The second-order valence-electron chi connectivity index (χ2n) is 7.84. The van der Waals surface area contributed by atoms with Gasteiger partial charge in [-0.05, 0) is 36.2 Å². The Bertz CT molecular complexity index is 1510. The molecule has 9 nitrogen and oxygen atoms in total. The molecule has 0 saturated heterocycles. The molecule has 2 aromatic heterocycles. The zero-order valence-corrected chi connectivity index (χ0v) is 18.9. The standard InChI is InChI=1S/C23H20F4N4O5/c1-29-19-18(20(33)30(22(29)34)10-3-11-32)31(13-14-6-8-15(24)9-7-14)21(28-19)35-16-4-2-5-17(12-16)36-23(25,26)27/h2,4-9,12,32H,3,10-11,13H2,1H3/p+1. The molecule has 2 heterocycles. The van der Waals surface area contributed by atoms with Crippen molar-refractivity contribution in [2.24, 2.45) is 7.05 Å². The molecule has 2 aromatic carbocycles. The number of hydrogen-bond donors (Lipinski definition) is 2. The summed E-state index contributed by atoms with van der Waals surface area (Å²) in [6.07, 6.45) is -4.74. The predicted molar refractivity (Wildman–Crippen MR) is 118 cm³/mol. The van der Waals surface area contributed by atoms with Gasteiger partial charge in [0.2, 0.25) is 0 Å². The molecule has 0 aliphatic rings. The van der Waals surface area contributed by atoms with Gasteiger partial charge in [-0.3, -0.25) is 13.9 Å². The normalized spacial score (nSPS) is 11.7. The third-order valence-corrected chi connectivity index (χ3v) is 5.31. The smallest absolute Gasteiger partial charge is 0.406 e. The summed E-state index contributed by atoms with van der Waals surface area (Å²) in [5.41, 5.74) is -0.578. The largest absolute Gasteiger partial charge is 0.573 e. The number of halogens is 4. The molecule has 0 bridgehead atoms. The Morgan fingerprint density at radius 3 is 2.44 bits per heavy atom. The fraction of sp³-hybridized carbons (Fsp3) is 0.261. The van der Waals surface area contributed by atoms with Gasteiger partial charge in [0.15, 0.2) is 0 Å². The maximum Gasteiger partial charge on any atom is 0.573 e. The van der Waals surface area contributed by atoms with Crippen LogP contribution in [0.1, 0.15) is 12.0 Å². The average Bonchev–Trinajstić information content (AvgIpc) is 3.16. The Hall–Kier alpha value is -4.13. The second-order valence-corrected chi connectivity index (χ2v) is 7.84. The lowest BCUT2D eigenvalue weighted by Gasteiger charge is -2.09. The van der Waals surface area contributed by atoms with Crippen LogP contribution in [0.2, 0.25) is 0 Å². The molecule has 190 valence electrons. The number of aromatic nitrogens is 4. The minimum Gasteiger partial charge on any atom is -0.406 e. The van der Waals surface area contributed by atoms with Crippen molar-refractivity contribution in [3.8, 4) is 17.5 Å². The van der Waals surface area contributed by atoms with Crippen LogP contribution in [-0.4, -0.2) is 32.2 Å². The van der Waals surface area contributed by atoms with E-state index in [4.69, 9.17) is 9.84 Å². The average molecular weight is 509 g/mol. The van der Waals surface area contributed by atoms with Gasteiger partial charge in [0.1, 0.15) is 23.9 Å². The summed E-state index contributed by atoms with van der Waals surface area (Å²) in [7, 11) is 1.43. The maximum absolute atomic E-state index is 13.4. The van der Waals surface area contributed by atoms with Crippen molar-refractivity contribution in [2.45, 2.75) is 25.9 Å². The first-order valence-electron chi connectivity index (χ1n) is 10.7. The zero-order valence-electron chi connectivity index (χ0n) is 18.9. The van der Waals surface area contributed by atoms with Gasteiger partial charge in [0.25, 0.3) is 11.2 Å². The van der Waals surface area contributed by atoms with Gasteiger partial charge in [-0.25, -0.2) is 9.18 Å². The highest BCUT2D eigenvalue weighted by Crippen LogP contribution is 2.28. The molecule has 0 fully saturated rings. The molecule has 4 aromatic rings. The van der Waals surface area contributed by atoms with Crippen molar-refractivity contribution in [3.05, 3.63) is 80.7 Å². The summed E-state index contributed by atoms with van der Waals surface area (Å²) in [4.78, 5) is 28.9. The number of aromatic amines is 1. The number of nitrogens with zero attached hydrogens (tertiary/aromatic N) is 3. The van der Waals surface area contributed by atoms with E-state index in [-0.39, 0.29) is 49.0 Å². The number of rotatable bonds is 8. The highest BCUT2D eigenvalue weighted by Gasteiger charge is 2.32. The molecule has 36 heavy (non-hydrogen) atoms. The van der Waals surface area contributed by atoms with E-state index >= 15 is 0 Å². The van der Waals surface area contributed by atoms with Gasteiger partial charge in [-0.15, -0.1) is 13.2 Å². The van der Waals surface area contributed by atoms with Gasteiger partial charge in [-0.2, -0.15) is 9.55 Å². The van der Waals surface area contributed by atoms with Gasteiger partial charge in [0.05, 0.1) is 0 Å². The Morgan fingerprint density at radius 1 is 1.08 bits per heavy atom. The maximum atomic E-state index is 13.4. The molecule has 0 amide bonds. The molecule has 0 unspecified atom stereocenters. The summed E-state index contributed by atoms with van der Waals surface area (Å²) >= 11 is 0. The Kier molecular flexibility index (Phi) is 6.84. The van der Waals surface area contributed by atoms with E-state index in [1.165, 1.54) is 52.6 Å². The van der Waals surface area contributed by atoms with Crippen molar-refractivity contribution in [1.29, 1.82) is 0 Å². The van der Waals surface area contributed by atoms with E-state index in [2.05, 4.69) is 9.72 Å². The monoisotopic (exact) mass is 509 g/mol. The van der Waals surface area contributed by atoms with Crippen LogP contribution in [0.3, 0.4) is 0 Å². The van der Waals surface area contributed by atoms with E-state index in [1.54, 1.807) is 0 Å². The zero-order chi connectivity index (χ0) is 26.0. The van der Waals surface area contributed by atoms with Crippen LogP contribution >= 0.6 is 0 Å². The number of aryl methyl sites for hydroxylation is 1. The number of imidazole rings is 1. The van der Waals surface area contributed by atoms with Gasteiger partial charge >= 0.3 is 23.6 Å². The van der Waals surface area contributed by atoms with E-state index in [0.717, 1.165) is 16.7 Å². The number of H-pyrrole nitrogens is 1. The van der Waals surface area contributed by atoms with Crippen LogP contribution in [0.15, 0.2) is 58.1 Å². The minimum atomic E-state index is -4.90. The van der Waals surface area contributed by atoms with Crippen LogP contribution in [0.4, 0.5) is 17.6 Å². The predicted octanol–water partition coefficient (Wildman–Crippen LogP) is 2.58. The lowest BCUT2D eigenvalue weighted by molar-refractivity contribution is -0.667. The fourth-order valence-electron chi connectivity index (χ4n) is 3.68. The number of hydrogen-bond acceptors (Lipinski definition) is 5. The van der Waals surface area contributed by atoms with Crippen molar-refractivity contribution < 1.29 is 36.7 Å². The van der Waals surface area contributed by atoms with Gasteiger partial charge in [0, 0.05) is 26.3 Å². The van der Waals surface area contributed by atoms with Gasteiger partial charge < -0.3 is 14.6 Å². The summed E-state index contributed by atoms with van der Waals surface area (Å²) in [5, 5.41) is 9.16. The number of alkyl halides is 3. The third-order valence-electron chi connectivity index (χ3n) is 5.31. The summed E-state index contributed by atoms with van der Waals surface area (Å²) in [6, 6.07) is 10.2. The van der Waals surface area contributed by atoms with E-state index in [0.29, 0.717) is 5.56 Å². The summed E-state index contributed by atoms with van der Waals surface area (Å²) < 4.78 is 64.6. The van der Waals surface area contributed by atoms with Crippen LogP contribution in [0.25, 0.3) is 11.2 Å². The van der Waals surface area contributed by atoms with E-state index < -0.39 is 29.2 Å². The highest BCUT2D eigenvalue weighted by atomic mass is 19.4. The topological polar surface area (TPSA) is 102 Å². The molecule has 2 N–H and O–H groups in total. The number of aliphatic hydroxyl groups is 1.